The molecule has 0 unspecified atom stereocenters. The zero-order valence-electron chi connectivity index (χ0n) is 13.8. The van der Waals surface area contributed by atoms with E-state index in [4.69, 9.17) is 4.74 Å². The number of rotatable bonds is 7. The van der Waals surface area contributed by atoms with Crippen molar-refractivity contribution in [2.24, 2.45) is 11.8 Å². The number of hydrogen-bond acceptors (Lipinski definition) is 3. The SMILES string of the molecule is Cc1cc(CNCC(C)C)cc(OCC2CCCCC2)n1. The number of hydrogen-bond donors (Lipinski definition) is 1. The van der Waals surface area contributed by atoms with Crippen LogP contribution < -0.4 is 10.1 Å². The Kier molecular flexibility index (Phi) is 6.50. The van der Waals surface area contributed by atoms with Gasteiger partial charge in [-0.15, -0.1) is 0 Å². The molecular weight excluding hydrogens is 260 g/mol. The van der Waals surface area contributed by atoms with E-state index in [1.807, 2.05) is 6.92 Å². The zero-order valence-corrected chi connectivity index (χ0v) is 13.8. The van der Waals surface area contributed by atoms with Crippen molar-refractivity contribution in [3.63, 3.8) is 0 Å². The molecule has 0 saturated heterocycles. The van der Waals surface area contributed by atoms with Crippen molar-refractivity contribution in [2.75, 3.05) is 13.2 Å². The molecule has 1 heterocycles. The van der Waals surface area contributed by atoms with E-state index in [0.29, 0.717) is 5.92 Å². The van der Waals surface area contributed by atoms with Crippen molar-refractivity contribution in [2.45, 2.75) is 59.4 Å². The molecular formula is C18H30N2O. The first-order chi connectivity index (χ1) is 10.1. The fourth-order valence-electron chi connectivity index (χ4n) is 2.95. The van der Waals surface area contributed by atoms with Gasteiger partial charge >= 0.3 is 0 Å². The molecule has 0 aromatic carbocycles. The fourth-order valence-corrected chi connectivity index (χ4v) is 2.95. The van der Waals surface area contributed by atoms with Crippen LogP contribution in [0.3, 0.4) is 0 Å². The minimum absolute atomic E-state index is 0.676. The van der Waals surface area contributed by atoms with Gasteiger partial charge in [0, 0.05) is 18.3 Å². The standard InChI is InChI=1S/C18H30N2O/c1-14(2)11-19-12-17-9-15(3)20-18(10-17)21-13-16-7-5-4-6-8-16/h9-10,14,16,19H,4-8,11-13H2,1-3H3. The second-order valence-electron chi connectivity index (χ2n) is 6.79. The molecule has 1 aliphatic carbocycles. The molecule has 0 bridgehead atoms. The molecule has 1 aromatic heterocycles. The van der Waals surface area contributed by atoms with Gasteiger partial charge in [-0.1, -0.05) is 33.1 Å². The highest BCUT2D eigenvalue weighted by Gasteiger charge is 2.14. The number of nitrogens with zero attached hydrogens (tertiary/aromatic N) is 1. The molecule has 0 radical (unpaired) electrons. The van der Waals surface area contributed by atoms with E-state index in [2.05, 4.69) is 36.3 Å². The van der Waals surface area contributed by atoms with Gasteiger partial charge in [-0.2, -0.15) is 0 Å². The Labute approximate surface area is 129 Å². The van der Waals surface area contributed by atoms with Crippen LogP contribution in [-0.4, -0.2) is 18.1 Å². The lowest BCUT2D eigenvalue weighted by molar-refractivity contribution is 0.202. The number of nitrogens with one attached hydrogen (secondary N) is 1. The van der Waals surface area contributed by atoms with Crippen molar-refractivity contribution in [1.82, 2.24) is 10.3 Å². The van der Waals surface area contributed by atoms with Gasteiger partial charge in [0.25, 0.3) is 0 Å². The minimum Gasteiger partial charge on any atom is -0.477 e. The highest BCUT2D eigenvalue weighted by molar-refractivity contribution is 5.24. The van der Waals surface area contributed by atoms with Crippen molar-refractivity contribution in [1.29, 1.82) is 0 Å². The lowest BCUT2D eigenvalue weighted by Crippen LogP contribution is -2.19. The van der Waals surface area contributed by atoms with E-state index in [1.165, 1.54) is 37.7 Å². The Hall–Kier alpha value is -1.09. The number of aryl methyl sites for hydroxylation is 1. The van der Waals surface area contributed by atoms with E-state index >= 15 is 0 Å². The van der Waals surface area contributed by atoms with Crippen molar-refractivity contribution < 1.29 is 4.74 Å². The second kappa shape index (κ2) is 8.38. The summed E-state index contributed by atoms with van der Waals surface area (Å²) in [5.74, 6) is 2.19. The number of pyridine rings is 1. The molecule has 2 rings (SSSR count). The van der Waals surface area contributed by atoms with E-state index in [9.17, 15) is 0 Å². The molecule has 1 fully saturated rings. The van der Waals surface area contributed by atoms with Gasteiger partial charge in [0.2, 0.25) is 5.88 Å². The third kappa shape index (κ3) is 6.04. The molecule has 21 heavy (non-hydrogen) atoms. The highest BCUT2D eigenvalue weighted by atomic mass is 16.5. The average molecular weight is 290 g/mol. The summed E-state index contributed by atoms with van der Waals surface area (Å²) in [5.41, 5.74) is 2.30. The molecule has 118 valence electrons. The summed E-state index contributed by atoms with van der Waals surface area (Å²) in [6, 6.07) is 4.23. The van der Waals surface area contributed by atoms with Gasteiger partial charge in [-0.25, -0.2) is 4.98 Å². The Bertz CT molecular complexity index is 425. The molecule has 3 nitrogen and oxygen atoms in total. The van der Waals surface area contributed by atoms with Crippen LogP contribution in [0.4, 0.5) is 0 Å². The zero-order chi connectivity index (χ0) is 15.1. The fraction of sp³-hybridized carbons (Fsp3) is 0.722. The van der Waals surface area contributed by atoms with Crippen LogP contribution in [0, 0.1) is 18.8 Å². The molecule has 1 aliphatic rings. The van der Waals surface area contributed by atoms with Gasteiger partial charge in [0.05, 0.1) is 6.61 Å². The van der Waals surface area contributed by atoms with Crippen LogP contribution in [-0.2, 0) is 6.54 Å². The monoisotopic (exact) mass is 290 g/mol. The molecule has 0 aliphatic heterocycles. The van der Waals surface area contributed by atoms with Crippen LogP contribution in [0.2, 0.25) is 0 Å². The van der Waals surface area contributed by atoms with Crippen LogP contribution in [0.5, 0.6) is 5.88 Å². The summed E-state index contributed by atoms with van der Waals surface area (Å²) in [6.45, 7) is 9.25. The summed E-state index contributed by atoms with van der Waals surface area (Å²) in [7, 11) is 0. The summed E-state index contributed by atoms with van der Waals surface area (Å²) in [6.07, 6.45) is 6.74. The first-order valence-electron chi connectivity index (χ1n) is 8.44. The van der Waals surface area contributed by atoms with Crippen molar-refractivity contribution >= 4 is 0 Å². The van der Waals surface area contributed by atoms with Crippen LogP contribution in [0.25, 0.3) is 0 Å². The van der Waals surface area contributed by atoms with E-state index in [1.54, 1.807) is 0 Å². The molecule has 0 atom stereocenters. The Balaban J connectivity index is 1.85. The topological polar surface area (TPSA) is 34.1 Å². The second-order valence-corrected chi connectivity index (χ2v) is 6.79. The van der Waals surface area contributed by atoms with Crippen LogP contribution in [0.15, 0.2) is 12.1 Å². The highest BCUT2D eigenvalue weighted by Crippen LogP contribution is 2.24. The molecule has 0 spiro atoms. The maximum absolute atomic E-state index is 5.96. The van der Waals surface area contributed by atoms with Gasteiger partial charge < -0.3 is 10.1 Å². The largest absolute Gasteiger partial charge is 0.477 e. The van der Waals surface area contributed by atoms with Crippen LogP contribution >= 0.6 is 0 Å². The first-order valence-corrected chi connectivity index (χ1v) is 8.44. The molecule has 1 N–H and O–H groups in total. The third-order valence-electron chi connectivity index (χ3n) is 4.06. The normalized spacial score (nSPS) is 16.4. The summed E-state index contributed by atoms with van der Waals surface area (Å²) in [4.78, 5) is 4.51. The summed E-state index contributed by atoms with van der Waals surface area (Å²) in [5, 5.41) is 3.48. The maximum atomic E-state index is 5.96. The van der Waals surface area contributed by atoms with Crippen LogP contribution in [0.1, 0.15) is 57.2 Å². The predicted molar refractivity (Wildman–Crippen MR) is 87.6 cm³/mol. The molecule has 3 heteroatoms. The smallest absolute Gasteiger partial charge is 0.213 e. The van der Waals surface area contributed by atoms with Gasteiger partial charge in [0.15, 0.2) is 0 Å². The predicted octanol–water partition coefficient (Wildman–Crippen LogP) is 4.09. The van der Waals surface area contributed by atoms with E-state index < -0.39 is 0 Å². The lowest BCUT2D eigenvalue weighted by Gasteiger charge is -2.21. The first kappa shape index (κ1) is 16.3. The average Bonchev–Trinajstić information content (AvgIpc) is 2.45. The minimum atomic E-state index is 0.676. The Morgan fingerprint density at radius 2 is 2.00 bits per heavy atom. The molecule has 0 amide bonds. The molecule has 1 aromatic rings. The van der Waals surface area contributed by atoms with Gasteiger partial charge in [-0.3, -0.25) is 0 Å². The third-order valence-corrected chi connectivity index (χ3v) is 4.06. The van der Waals surface area contributed by atoms with Crippen molar-refractivity contribution in [3.8, 4) is 5.88 Å². The van der Waals surface area contributed by atoms with Gasteiger partial charge in [0.1, 0.15) is 0 Å². The Morgan fingerprint density at radius 1 is 1.24 bits per heavy atom. The quantitative estimate of drug-likeness (QED) is 0.821. The van der Waals surface area contributed by atoms with E-state index in [0.717, 1.165) is 37.2 Å². The lowest BCUT2D eigenvalue weighted by atomic mass is 9.90. The molecule has 1 saturated carbocycles. The van der Waals surface area contributed by atoms with Crippen molar-refractivity contribution in [3.05, 3.63) is 23.4 Å². The Morgan fingerprint density at radius 3 is 2.71 bits per heavy atom. The number of ether oxygens (including phenoxy) is 1. The maximum Gasteiger partial charge on any atom is 0.213 e. The van der Waals surface area contributed by atoms with E-state index in [-0.39, 0.29) is 0 Å². The van der Waals surface area contributed by atoms with Gasteiger partial charge in [-0.05, 0) is 49.8 Å². The summed E-state index contributed by atoms with van der Waals surface area (Å²) < 4.78 is 5.96. The summed E-state index contributed by atoms with van der Waals surface area (Å²) >= 11 is 0. The number of aromatic nitrogens is 1.